The van der Waals surface area contributed by atoms with E-state index >= 15 is 0 Å². The molecule has 1 saturated heterocycles. The summed E-state index contributed by atoms with van der Waals surface area (Å²) < 4.78 is 12.1. The van der Waals surface area contributed by atoms with E-state index in [9.17, 15) is 0 Å². The van der Waals surface area contributed by atoms with Crippen molar-refractivity contribution in [3.63, 3.8) is 0 Å². The summed E-state index contributed by atoms with van der Waals surface area (Å²) in [4.78, 5) is 2.52. The van der Waals surface area contributed by atoms with Crippen LogP contribution in [0.25, 0.3) is 6.08 Å². The molecule has 4 rings (SSSR count). The Balaban J connectivity index is 1.34. The van der Waals surface area contributed by atoms with Crippen LogP contribution in [0.3, 0.4) is 0 Å². The average Bonchev–Trinajstić information content (AvgIpc) is 3.12. The fourth-order valence-electron chi connectivity index (χ4n) is 3.72. The lowest BCUT2D eigenvalue weighted by Gasteiger charge is -2.24. The molecule has 2 aromatic rings. The van der Waals surface area contributed by atoms with Gasteiger partial charge in [0.25, 0.3) is 0 Å². The van der Waals surface area contributed by atoms with Gasteiger partial charge in [0.15, 0.2) is 0 Å². The van der Waals surface area contributed by atoms with Crippen molar-refractivity contribution in [3.05, 3.63) is 65.7 Å². The van der Waals surface area contributed by atoms with Gasteiger partial charge in [0.05, 0.1) is 0 Å². The first kappa shape index (κ1) is 17.2. The van der Waals surface area contributed by atoms with Gasteiger partial charge in [-0.15, -0.1) is 0 Å². The summed E-state index contributed by atoms with van der Waals surface area (Å²) in [5.41, 5.74) is 2.28. The fourth-order valence-corrected chi connectivity index (χ4v) is 3.72. The predicted octanol–water partition coefficient (Wildman–Crippen LogP) is 4.94. The standard InChI is InChI=1S/C23H27NO2/c1-17-13-14-24(15-17)18(2)16-25-21-10-7-20(8-11-21)23-12-9-19-5-3-4-6-22(19)26-23/h3-12,17-18,23H,13-16H2,1-2H3/t17-,18-,23?/m1/s1. The second-order valence-electron chi connectivity index (χ2n) is 7.55. The molecule has 3 atom stereocenters. The van der Waals surface area contributed by atoms with Crippen LogP contribution in [-0.2, 0) is 0 Å². The van der Waals surface area contributed by atoms with Crippen LogP contribution >= 0.6 is 0 Å². The van der Waals surface area contributed by atoms with Crippen molar-refractivity contribution in [1.29, 1.82) is 0 Å². The van der Waals surface area contributed by atoms with E-state index in [1.54, 1.807) is 0 Å². The first-order chi connectivity index (χ1) is 12.7. The molecule has 2 heterocycles. The van der Waals surface area contributed by atoms with Crippen LogP contribution in [0.5, 0.6) is 11.5 Å². The van der Waals surface area contributed by atoms with Crippen LogP contribution in [0.2, 0.25) is 0 Å². The molecule has 2 aromatic carbocycles. The van der Waals surface area contributed by atoms with E-state index in [1.807, 2.05) is 30.3 Å². The molecule has 0 radical (unpaired) electrons. The predicted molar refractivity (Wildman–Crippen MR) is 106 cm³/mol. The fraction of sp³-hybridized carbons (Fsp3) is 0.391. The lowest BCUT2D eigenvalue weighted by Crippen LogP contribution is -2.35. The molecule has 2 aliphatic rings. The molecule has 136 valence electrons. The minimum atomic E-state index is -0.0380. The zero-order chi connectivity index (χ0) is 17.9. The van der Waals surface area contributed by atoms with Gasteiger partial charge in [0, 0.05) is 18.2 Å². The lowest BCUT2D eigenvalue weighted by molar-refractivity contribution is 0.169. The van der Waals surface area contributed by atoms with Crippen LogP contribution in [-0.4, -0.2) is 30.6 Å². The maximum atomic E-state index is 6.10. The smallest absolute Gasteiger partial charge is 0.142 e. The Hall–Kier alpha value is -2.26. The quantitative estimate of drug-likeness (QED) is 0.763. The highest BCUT2D eigenvalue weighted by Gasteiger charge is 2.23. The largest absolute Gasteiger partial charge is 0.492 e. The molecule has 3 heteroatoms. The second kappa shape index (κ2) is 7.55. The van der Waals surface area contributed by atoms with Gasteiger partial charge in [-0.1, -0.05) is 43.3 Å². The molecule has 3 nitrogen and oxygen atoms in total. The molecule has 0 aromatic heterocycles. The van der Waals surface area contributed by atoms with E-state index in [2.05, 4.69) is 49.1 Å². The topological polar surface area (TPSA) is 21.7 Å². The van der Waals surface area contributed by atoms with Crippen LogP contribution in [0.4, 0.5) is 0 Å². The monoisotopic (exact) mass is 349 g/mol. The molecule has 0 N–H and O–H groups in total. The normalized spacial score (nSPS) is 23.3. The van der Waals surface area contributed by atoms with Crippen molar-refractivity contribution in [2.24, 2.45) is 5.92 Å². The van der Waals surface area contributed by atoms with Gasteiger partial charge in [-0.05, 0) is 55.6 Å². The van der Waals surface area contributed by atoms with Crippen molar-refractivity contribution in [3.8, 4) is 11.5 Å². The number of likely N-dealkylation sites (tertiary alicyclic amines) is 1. The summed E-state index contributed by atoms with van der Waals surface area (Å²) in [6.45, 7) is 7.70. The van der Waals surface area contributed by atoms with E-state index in [-0.39, 0.29) is 6.10 Å². The Morgan fingerprint density at radius 1 is 1.15 bits per heavy atom. The van der Waals surface area contributed by atoms with Gasteiger partial charge in [-0.3, -0.25) is 4.90 Å². The number of fused-ring (bicyclic) bond motifs is 1. The summed E-state index contributed by atoms with van der Waals surface area (Å²) >= 11 is 0. The summed E-state index contributed by atoms with van der Waals surface area (Å²) in [5, 5.41) is 0. The minimum Gasteiger partial charge on any atom is -0.492 e. The summed E-state index contributed by atoms with van der Waals surface area (Å²) in [7, 11) is 0. The number of hydrogen-bond acceptors (Lipinski definition) is 3. The SMILES string of the molecule is C[C@@H]1CCN([C@H](C)COc2ccc(C3C=Cc4ccccc4O3)cc2)C1. The van der Waals surface area contributed by atoms with Crippen molar-refractivity contribution < 1.29 is 9.47 Å². The highest BCUT2D eigenvalue weighted by Crippen LogP contribution is 2.32. The minimum absolute atomic E-state index is 0.0380. The van der Waals surface area contributed by atoms with Gasteiger partial charge in [0.2, 0.25) is 0 Å². The van der Waals surface area contributed by atoms with E-state index in [4.69, 9.17) is 9.47 Å². The highest BCUT2D eigenvalue weighted by atomic mass is 16.5. The van der Waals surface area contributed by atoms with Crippen molar-refractivity contribution in [2.75, 3.05) is 19.7 Å². The first-order valence-electron chi connectivity index (χ1n) is 9.60. The Kier molecular flexibility index (Phi) is 4.98. The third kappa shape index (κ3) is 3.78. The number of para-hydroxylation sites is 1. The highest BCUT2D eigenvalue weighted by molar-refractivity contribution is 5.60. The maximum Gasteiger partial charge on any atom is 0.142 e. The summed E-state index contributed by atoms with van der Waals surface area (Å²) in [5.74, 6) is 2.67. The Morgan fingerprint density at radius 3 is 2.73 bits per heavy atom. The number of ether oxygens (including phenoxy) is 2. The number of hydrogen-bond donors (Lipinski definition) is 0. The average molecular weight is 349 g/mol. The molecule has 1 fully saturated rings. The first-order valence-corrected chi connectivity index (χ1v) is 9.60. The summed E-state index contributed by atoms with van der Waals surface area (Å²) in [6.07, 6.45) is 5.50. The molecule has 0 aliphatic carbocycles. The number of nitrogens with zero attached hydrogens (tertiary/aromatic N) is 1. The maximum absolute atomic E-state index is 6.10. The van der Waals surface area contributed by atoms with E-state index in [1.165, 1.54) is 19.5 Å². The molecule has 0 amide bonds. The zero-order valence-electron chi connectivity index (χ0n) is 15.6. The summed E-state index contributed by atoms with van der Waals surface area (Å²) in [6, 6.07) is 16.9. The third-order valence-corrected chi connectivity index (χ3v) is 5.40. The van der Waals surface area contributed by atoms with Crippen LogP contribution in [0, 0.1) is 5.92 Å². The Morgan fingerprint density at radius 2 is 1.96 bits per heavy atom. The van der Waals surface area contributed by atoms with Gasteiger partial charge in [-0.2, -0.15) is 0 Å². The molecule has 2 aliphatic heterocycles. The molecule has 0 spiro atoms. The van der Waals surface area contributed by atoms with E-state index < -0.39 is 0 Å². The molecule has 0 saturated carbocycles. The molecule has 26 heavy (non-hydrogen) atoms. The van der Waals surface area contributed by atoms with Crippen molar-refractivity contribution in [1.82, 2.24) is 4.90 Å². The van der Waals surface area contributed by atoms with Crippen molar-refractivity contribution in [2.45, 2.75) is 32.4 Å². The second-order valence-corrected chi connectivity index (χ2v) is 7.55. The third-order valence-electron chi connectivity index (χ3n) is 5.40. The lowest BCUT2D eigenvalue weighted by atomic mass is 10.0. The Bertz CT molecular complexity index is 768. The molecule has 1 unspecified atom stereocenters. The zero-order valence-corrected chi connectivity index (χ0v) is 15.6. The van der Waals surface area contributed by atoms with Gasteiger partial charge in [-0.25, -0.2) is 0 Å². The number of benzene rings is 2. The van der Waals surface area contributed by atoms with E-state index in [0.29, 0.717) is 6.04 Å². The van der Waals surface area contributed by atoms with Gasteiger partial charge >= 0.3 is 0 Å². The molecule has 0 bridgehead atoms. The Labute approximate surface area is 156 Å². The van der Waals surface area contributed by atoms with E-state index in [0.717, 1.165) is 35.2 Å². The van der Waals surface area contributed by atoms with Gasteiger partial charge in [0.1, 0.15) is 24.2 Å². The van der Waals surface area contributed by atoms with Crippen LogP contribution < -0.4 is 9.47 Å². The molecular formula is C23H27NO2. The molecular weight excluding hydrogens is 322 g/mol. The van der Waals surface area contributed by atoms with Crippen molar-refractivity contribution >= 4 is 6.08 Å². The van der Waals surface area contributed by atoms with Crippen LogP contribution in [0.1, 0.15) is 37.5 Å². The number of rotatable bonds is 5. The van der Waals surface area contributed by atoms with Crippen LogP contribution in [0.15, 0.2) is 54.6 Å². The van der Waals surface area contributed by atoms with Gasteiger partial charge < -0.3 is 9.47 Å².